The largest absolute Gasteiger partial charge is 0.455 e. The Morgan fingerprint density at radius 2 is 2.08 bits per heavy atom. The van der Waals surface area contributed by atoms with Crippen LogP contribution in [0.5, 0.6) is 11.5 Å². The number of nitriles is 1. The van der Waals surface area contributed by atoms with Gasteiger partial charge in [0.25, 0.3) is 0 Å². The maximum Gasteiger partial charge on any atom is 0.157 e. The van der Waals surface area contributed by atoms with Crippen LogP contribution >= 0.6 is 23.2 Å². The average molecular weight is 384 g/mol. The summed E-state index contributed by atoms with van der Waals surface area (Å²) >= 11 is 12.4. The van der Waals surface area contributed by atoms with Crippen molar-refractivity contribution in [2.75, 3.05) is 0 Å². The first-order chi connectivity index (χ1) is 12.6. The second-order valence-electron chi connectivity index (χ2n) is 5.58. The molecule has 8 heteroatoms. The van der Waals surface area contributed by atoms with Crippen molar-refractivity contribution in [1.29, 1.82) is 5.26 Å². The highest BCUT2D eigenvalue weighted by molar-refractivity contribution is 6.33. The van der Waals surface area contributed by atoms with E-state index in [1.54, 1.807) is 36.7 Å². The number of fused-ring (bicyclic) bond motifs is 1. The summed E-state index contributed by atoms with van der Waals surface area (Å²) in [7, 11) is 0. The first-order valence-electron chi connectivity index (χ1n) is 7.65. The van der Waals surface area contributed by atoms with Crippen molar-refractivity contribution in [1.82, 2.24) is 20.0 Å². The molecule has 0 aliphatic carbocycles. The molecule has 0 saturated carbocycles. The van der Waals surface area contributed by atoms with Gasteiger partial charge in [0, 0.05) is 11.2 Å². The molecule has 4 rings (SSSR count). The normalized spacial score (nSPS) is 10.8. The van der Waals surface area contributed by atoms with Crippen LogP contribution in [0.3, 0.4) is 0 Å². The number of aromatic nitrogens is 4. The summed E-state index contributed by atoms with van der Waals surface area (Å²) in [6.45, 7) is 0.542. The fraction of sp³-hybridized carbons (Fsp3) is 0.0556. The average Bonchev–Trinajstić information content (AvgIpc) is 3.27. The summed E-state index contributed by atoms with van der Waals surface area (Å²) < 4.78 is 7.78. The van der Waals surface area contributed by atoms with E-state index in [-0.39, 0.29) is 0 Å². The second-order valence-corrected chi connectivity index (χ2v) is 6.43. The highest BCUT2D eigenvalue weighted by Gasteiger charge is 2.14. The maximum absolute atomic E-state index is 9.09. The first kappa shape index (κ1) is 16.5. The van der Waals surface area contributed by atoms with Crippen LogP contribution in [0, 0.1) is 11.3 Å². The van der Waals surface area contributed by atoms with Crippen molar-refractivity contribution < 1.29 is 4.74 Å². The fourth-order valence-corrected chi connectivity index (χ4v) is 3.10. The van der Waals surface area contributed by atoms with E-state index in [1.165, 1.54) is 0 Å². The number of nitrogens with zero attached hydrogens (tertiary/aromatic N) is 4. The minimum atomic E-state index is 0.408. The van der Waals surface area contributed by atoms with Gasteiger partial charge in [-0.1, -0.05) is 23.2 Å². The summed E-state index contributed by atoms with van der Waals surface area (Å²) in [6.07, 6.45) is 3.39. The molecule has 0 bridgehead atoms. The molecule has 0 unspecified atom stereocenters. The number of nitrogens with one attached hydrogen (secondary N) is 1. The molecule has 0 aliphatic rings. The van der Waals surface area contributed by atoms with Crippen molar-refractivity contribution in [3.63, 3.8) is 0 Å². The molecular weight excluding hydrogens is 373 g/mol. The van der Waals surface area contributed by atoms with Crippen molar-refractivity contribution in [2.24, 2.45) is 0 Å². The van der Waals surface area contributed by atoms with Gasteiger partial charge in [-0.2, -0.15) is 15.5 Å². The van der Waals surface area contributed by atoms with Crippen molar-refractivity contribution in [3.8, 4) is 17.6 Å². The van der Waals surface area contributed by atoms with Gasteiger partial charge in [-0.15, -0.1) is 0 Å². The van der Waals surface area contributed by atoms with Gasteiger partial charge in [0.05, 0.1) is 46.0 Å². The Balaban J connectivity index is 1.75. The van der Waals surface area contributed by atoms with Crippen LogP contribution < -0.4 is 4.74 Å². The number of hydrogen-bond acceptors (Lipinski definition) is 4. The molecule has 26 heavy (non-hydrogen) atoms. The van der Waals surface area contributed by atoms with E-state index in [9.17, 15) is 0 Å². The summed E-state index contributed by atoms with van der Waals surface area (Å²) in [5.74, 6) is 0.899. The fourth-order valence-electron chi connectivity index (χ4n) is 2.67. The molecule has 2 aromatic carbocycles. The van der Waals surface area contributed by atoms with Gasteiger partial charge in [-0.25, -0.2) is 0 Å². The lowest BCUT2D eigenvalue weighted by molar-refractivity contribution is 0.488. The standard InChI is InChI=1S/C18H11Cl2N5O/c19-12-5-11(8-21)6-14(7-12)26-18-15-9-23-25(10-13-3-4-22-24-13)17(15)2-1-16(18)20/h1-7,9H,10H2,(H,22,24). The number of halogens is 2. The molecule has 0 saturated heterocycles. The molecule has 0 atom stereocenters. The Morgan fingerprint density at radius 3 is 2.85 bits per heavy atom. The van der Waals surface area contributed by atoms with Gasteiger partial charge >= 0.3 is 0 Å². The van der Waals surface area contributed by atoms with Crippen LogP contribution in [0.2, 0.25) is 10.0 Å². The van der Waals surface area contributed by atoms with Crippen LogP contribution in [0.15, 0.2) is 48.8 Å². The van der Waals surface area contributed by atoms with Gasteiger partial charge in [0.2, 0.25) is 0 Å². The third-order valence-electron chi connectivity index (χ3n) is 3.83. The Morgan fingerprint density at radius 1 is 1.19 bits per heavy atom. The van der Waals surface area contributed by atoms with Gasteiger partial charge < -0.3 is 4.74 Å². The van der Waals surface area contributed by atoms with E-state index in [2.05, 4.69) is 21.4 Å². The molecule has 1 N–H and O–H groups in total. The maximum atomic E-state index is 9.09. The molecule has 0 amide bonds. The van der Waals surface area contributed by atoms with E-state index in [0.29, 0.717) is 33.7 Å². The number of rotatable bonds is 4. The topological polar surface area (TPSA) is 79.5 Å². The van der Waals surface area contributed by atoms with Gasteiger partial charge in [-0.3, -0.25) is 9.78 Å². The lowest BCUT2D eigenvalue weighted by Crippen LogP contribution is -2.01. The van der Waals surface area contributed by atoms with Crippen LogP contribution in [-0.4, -0.2) is 20.0 Å². The highest BCUT2D eigenvalue weighted by atomic mass is 35.5. The van der Waals surface area contributed by atoms with Crippen molar-refractivity contribution >= 4 is 34.1 Å². The highest BCUT2D eigenvalue weighted by Crippen LogP contribution is 2.37. The summed E-state index contributed by atoms with van der Waals surface area (Å²) in [6, 6.07) is 12.4. The molecule has 0 radical (unpaired) electrons. The zero-order chi connectivity index (χ0) is 18.1. The lowest BCUT2D eigenvalue weighted by Gasteiger charge is -2.10. The summed E-state index contributed by atoms with van der Waals surface area (Å²) in [5, 5.41) is 22.0. The van der Waals surface area contributed by atoms with Crippen molar-refractivity contribution in [3.05, 3.63) is 70.1 Å². The number of ether oxygens (including phenoxy) is 1. The first-order valence-corrected chi connectivity index (χ1v) is 8.40. The number of benzene rings is 2. The number of aromatic amines is 1. The van der Waals surface area contributed by atoms with E-state index in [4.69, 9.17) is 33.2 Å². The third kappa shape index (κ3) is 3.10. The van der Waals surface area contributed by atoms with Crippen molar-refractivity contribution in [2.45, 2.75) is 6.54 Å². The van der Waals surface area contributed by atoms with Crippen LogP contribution in [0.25, 0.3) is 10.9 Å². The predicted molar refractivity (Wildman–Crippen MR) is 98.7 cm³/mol. The predicted octanol–water partition coefficient (Wildman–Crippen LogP) is 4.78. The lowest BCUT2D eigenvalue weighted by atomic mass is 10.2. The minimum Gasteiger partial charge on any atom is -0.455 e. The Bertz CT molecular complexity index is 1130. The Kier molecular flexibility index (Phi) is 4.25. The molecule has 0 spiro atoms. The molecule has 2 aromatic heterocycles. The van der Waals surface area contributed by atoms with E-state index in [0.717, 1.165) is 16.6 Å². The van der Waals surface area contributed by atoms with Crippen LogP contribution in [0.4, 0.5) is 0 Å². The molecular formula is C18H11Cl2N5O. The smallest absolute Gasteiger partial charge is 0.157 e. The quantitative estimate of drug-likeness (QED) is 0.549. The summed E-state index contributed by atoms with van der Waals surface area (Å²) in [4.78, 5) is 0. The number of H-pyrrole nitrogens is 1. The Labute approximate surface area is 158 Å². The number of hydrogen-bond donors (Lipinski definition) is 1. The molecule has 4 aromatic rings. The second kappa shape index (κ2) is 6.71. The SMILES string of the molecule is N#Cc1cc(Cl)cc(Oc2c(Cl)ccc3c2cnn3Cc2ccn[nH]2)c1. The molecule has 6 nitrogen and oxygen atoms in total. The van der Waals surface area contributed by atoms with E-state index in [1.807, 2.05) is 16.8 Å². The molecule has 0 fully saturated rings. The third-order valence-corrected chi connectivity index (χ3v) is 4.34. The summed E-state index contributed by atoms with van der Waals surface area (Å²) in [5.41, 5.74) is 2.20. The van der Waals surface area contributed by atoms with Crippen LogP contribution in [-0.2, 0) is 6.54 Å². The minimum absolute atomic E-state index is 0.408. The zero-order valence-electron chi connectivity index (χ0n) is 13.3. The van der Waals surface area contributed by atoms with Gasteiger partial charge in [0.1, 0.15) is 5.75 Å². The Hall–Kier alpha value is -3.01. The zero-order valence-corrected chi connectivity index (χ0v) is 14.8. The van der Waals surface area contributed by atoms with Crippen LogP contribution in [0.1, 0.15) is 11.3 Å². The van der Waals surface area contributed by atoms with Gasteiger partial charge in [0.15, 0.2) is 5.75 Å². The monoisotopic (exact) mass is 383 g/mol. The van der Waals surface area contributed by atoms with Gasteiger partial charge in [-0.05, 0) is 36.4 Å². The van der Waals surface area contributed by atoms with E-state index < -0.39 is 0 Å². The molecule has 2 heterocycles. The molecule has 0 aliphatic heterocycles. The molecule has 128 valence electrons. The van der Waals surface area contributed by atoms with E-state index >= 15 is 0 Å².